The molecular formula is C10H18O3. The molecule has 0 aliphatic carbocycles. The maximum absolute atomic E-state index is 10.9. The number of hydrogen-bond donors (Lipinski definition) is 1. The van der Waals surface area contributed by atoms with Crippen molar-refractivity contribution in [3.63, 3.8) is 0 Å². The molecule has 0 aromatic carbocycles. The van der Waals surface area contributed by atoms with Crippen molar-refractivity contribution in [2.75, 3.05) is 6.61 Å². The number of rotatable bonds is 3. The highest BCUT2D eigenvalue weighted by atomic mass is 16.5. The molecule has 1 aliphatic heterocycles. The van der Waals surface area contributed by atoms with Crippen LogP contribution in [0, 0.1) is 11.8 Å². The molecule has 1 saturated heterocycles. The summed E-state index contributed by atoms with van der Waals surface area (Å²) in [4.78, 5) is 10.9. The Bertz CT molecular complexity index is 177. The van der Waals surface area contributed by atoms with Gasteiger partial charge in [0, 0.05) is 6.61 Å². The molecule has 0 saturated carbocycles. The summed E-state index contributed by atoms with van der Waals surface area (Å²) in [6.07, 6.45) is 2.45. The van der Waals surface area contributed by atoms with Crippen LogP contribution in [0.2, 0.25) is 0 Å². The number of ether oxygens (including phenoxy) is 1. The van der Waals surface area contributed by atoms with E-state index in [1.165, 1.54) is 0 Å². The number of carbonyl (C=O) groups is 1. The molecule has 3 heteroatoms. The molecule has 1 N–H and O–H groups in total. The first kappa shape index (κ1) is 10.5. The molecule has 1 fully saturated rings. The normalized spacial score (nSPS) is 29.2. The Hall–Kier alpha value is -0.570. The van der Waals surface area contributed by atoms with Crippen molar-refractivity contribution in [2.45, 2.75) is 39.2 Å². The molecule has 0 amide bonds. The second-order valence-electron chi connectivity index (χ2n) is 4.13. The average Bonchev–Trinajstić information content (AvgIpc) is 2.03. The minimum absolute atomic E-state index is 0.0637. The third kappa shape index (κ3) is 2.99. The lowest BCUT2D eigenvalue weighted by Gasteiger charge is -2.29. The van der Waals surface area contributed by atoms with Crippen LogP contribution in [0.5, 0.6) is 0 Å². The van der Waals surface area contributed by atoms with Gasteiger partial charge in [0.05, 0.1) is 12.0 Å². The fraction of sp³-hybridized carbons (Fsp3) is 0.900. The topological polar surface area (TPSA) is 46.5 Å². The lowest BCUT2D eigenvalue weighted by Crippen LogP contribution is -2.35. The van der Waals surface area contributed by atoms with Gasteiger partial charge in [-0.3, -0.25) is 4.79 Å². The lowest BCUT2D eigenvalue weighted by molar-refractivity contribution is -0.152. The number of hydrogen-bond acceptors (Lipinski definition) is 2. The summed E-state index contributed by atoms with van der Waals surface area (Å²) in [6, 6.07) is 0. The summed E-state index contributed by atoms with van der Waals surface area (Å²) < 4.78 is 5.48. The van der Waals surface area contributed by atoms with Gasteiger partial charge in [0.15, 0.2) is 0 Å². The Morgan fingerprint density at radius 1 is 1.62 bits per heavy atom. The molecule has 0 radical (unpaired) electrons. The maximum atomic E-state index is 10.9. The minimum Gasteiger partial charge on any atom is -0.481 e. The third-order valence-electron chi connectivity index (χ3n) is 2.46. The monoisotopic (exact) mass is 186 g/mol. The molecule has 76 valence electrons. The van der Waals surface area contributed by atoms with Crippen molar-refractivity contribution in [3.8, 4) is 0 Å². The second-order valence-corrected chi connectivity index (χ2v) is 4.13. The fourth-order valence-corrected chi connectivity index (χ4v) is 1.82. The molecule has 0 spiro atoms. The molecule has 0 aromatic heterocycles. The van der Waals surface area contributed by atoms with Gasteiger partial charge < -0.3 is 9.84 Å². The van der Waals surface area contributed by atoms with E-state index in [9.17, 15) is 4.79 Å². The van der Waals surface area contributed by atoms with Gasteiger partial charge in [0.1, 0.15) is 0 Å². The molecule has 1 aliphatic rings. The van der Waals surface area contributed by atoms with Crippen LogP contribution in [0.1, 0.15) is 33.1 Å². The van der Waals surface area contributed by atoms with Gasteiger partial charge in [0.25, 0.3) is 0 Å². The van der Waals surface area contributed by atoms with E-state index in [4.69, 9.17) is 9.84 Å². The largest absolute Gasteiger partial charge is 0.481 e. The van der Waals surface area contributed by atoms with Crippen LogP contribution in [0.4, 0.5) is 0 Å². The predicted molar refractivity (Wildman–Crippen MR) is 49.6 cm³/mol. The van der Waals surface area contributed by atoms with Crippen molar-refractivity contribution in [2.24, 2.45) is 11.8 Å². The molecule has 13 heavy (non-hydrogen) atoms. The van der Waals surface area contributed by atoms with Crippen LogP contribution in [-0.4, -0.2) is 23.8 Å². The Balaban J connectivity index is 2.51. The molecule has 2 unspecified atom stereocenters. The predicted octanol–water partition coefficient (Wildman–Crippen LogP) is 1.91. The van der Waals surface area contributed by atoms with Crippen molar-refractivity contribution in [3.05, 3.63) is 0 Å². The quantitative estimate of drug-likeness (QED) is 0.732. The average molecular weight is 186 g/mol. The van der Waals surface area contributed by atoms with E-state index in [1.54, 1.807) is 0 Å². The van der Waals surface area contributed by atoms with Crippen LogP contribution < -0.4 is 0 Å². The molecule has 2 atom stereocenters. The molecule has 1 rings (SSSR count). The van der Waals surface area contributed by atoms with E-state index in [0.717, 1.165) is 25.9 Å². The van der Waals surface area contributed by atoms with E-state index in [2.05, 4.69) is 13.8 Å². The Kier molecular flexibility index (Phi) is 3.72. The zero-order chi connectivity index (χ0) is 9.84. The first-order chi connectivity index (χ1) is 6.11. The van der Waals surface area contributed by atoms with Gasteiger partial charge in [-0.15, -0.1) is 0 Å². The van der Waals surface area contributed by atoms with Gasteiger partial charge in [-0.1, -0.05) is 13.8 Å². The summed E-state index contributed by atoms with van der Waals surface area (Å²) in [5, 5.41) is 8.94. The molecule has 0 bridgehead atoms. The van der Waals surface area contributed by atoms with Gasteiger partial charge >= 0.3 is 5.97 Å². The highest BCUT2D eigenvalue weighted by Crippen LogP contribution is 2.25. The third-order valence-corrected chi connectivity index (χ3v) is 2.46. The molecule has 3 nitrogen and oxygen atoms in total. The van der Waals surface area contributed by atoms with E-state index < -0.39 is 5.97 Å². The first-order valence-corrected chi connectivity index (χ1v) is 4.95. The van der Waals surface area contributed by atoms with E-state index in [1.807, 2.05) is 0 Å². The number of aliphatic carboxylic acids is 1. The summed E-state index contributed by atoms with van der Waals surface area (Å²) in [7, 11) is 0. The van der Waals surface area contributed by atoms with Crippen LogP contribution in [0.3, 0.4) is 0 Å². The van der Waals surface area contributed by atoms with Crippen molar-refractivity contribution >= 4 is 5.97 Å². The fourth-order valence-electron chi connectivity index (χ4n) is 1.82. The van der Waals surface area contributed by atoms with E-state index in [0.29, 0.717) is 5.92 Å². The summed E-state index contributed by atoms with van der Waals surface area (Å²) >= 11 is 0. The zero-order valence-electron chi connectivity index (χ0n) is 8.32. The summed E-state index contributed by atoms with van der Waals surface area (Å²) in [5.74, 6) is -0.480. The van der Waals surface area contributed by atoms with Gasteiger partial charge in [0.2, 0.25) is 0 Å². The summed E-state index contributed by atoms with van der Waals surface area (Å²) in [6.45, 7) is 4.91. The number of carboxylic acid groups (broad SMARTS) is 1. The summed E-state index contributed by atoms with van der Waals surface area (Å²) in [5.41, 5.74) is 0. The van der Waals surface area contributed by atoms with E-state index >= 15 is 0 Å². The Labute approximate surface area is 79.1 Å². The zero-order valence-corrected chi connectivity index (χ0v) is 8.32. The lowest BCUT2D eigenvalue weighted by atomic mass is 9.89. The van der Waals surface area contributed by atoms with Crippen LogP contribution >= 0.6 is 0 Å². The van der Waals surface area contributed by atoms with Crippen molar-refractivity contribution < 1.29 is 14.6 Å². The molecular weight excluding hydrogens is 168 g/mol. The highest BCUT2D eigenvalue weighted by Gasteiger charge is 2.31. The second kappa shape index (κ2) is 4.61. The maximum Gasteiger partial charge on any atom is 0.309 e. The van der Waals surface area contributed by atoms with Gasteiger partial charge in [-0.05, 0) is 25.2 Å². The van der Waals surface area contributed by atoms with Gasteiger partial charge in [-0.25, -0.2) is 0 Å². The van der Waals surface area contributed by atoms with Crippen molar-refractivity contribution in [1.29, 1.82) is 0 Å². The first-order valence-electron chi connectivity index (χ1n) is 4.95. The van der Waals surface area contributed by atoms with Crippen LogP contribution in [-0.2, 0) is 9.53 Å². The number of carboxylic acids is 1. The van der Waals surface area contributed by atoms with E-state index in [-0.39, 0.29) is 12.0 Å². The van der Waals surface area contributed by atoms with Crippen LogP contribution in [0.25, 0.3) is 0 Å². The molecule has 1 heterocycles. The highest BCUT2D eigenvalue weighted by molar-refractivity contribution is 5.70. The van der Waals surface area contributed by atoms with Crippen molar-refractivity contribution in [1.82, 2.24) is 0 Å². The van der Waals surface area contributed by atoms with Gasteiger partial charge in [-0.2, -0.15) is 0 Å². The SMILES string of the molecule is CC(C)CC1OCCCC1C(=O)O. The minimum atomic E-state index is -0.703. The Morgan fingerprint density at radius 3 is 2.85 bits per heavy atom. The van der Waals surface area contributed by atoms with Crippen LogP contribution in [0.15, 0.2) is 0 Å². The Morgan fingerprint density at radius 2 is 2.31 bits per heavy atom. The molecule has 0 aromatic rings. The smallest absolute Gasteiger partial charge is 0.309 e. The standard InChI is InChI=1S/C10H18O3/c1-7(2)6-9-8(10(11)12)4-3-5-13-9/h7-9H,3-6H2,1-2H3,(H,11,12).